The smallest absolute Gasteiger partial charge is 0.251 e. The average molecular weight is 401 g/mol. The summed E-state index contributed by atoms with van der Waals surface area (Å²) < 4.78 is 24.1. The Labute approximate surface area is 166 Å². The number of hydrogen-bond acceptors (Lipinski definition) is 5. The maximum absolute atomic E-state index is 13.6. The molecule has 1 saturated heterocycles. The van der Waals surface area contributed by atoms with Crippen LogP contribution in [0.25, 0.3) is 0 Å². The Morgan fingerprint density at radius 2 is 1.93 bits per heavy atom. The largest absolute Gasteiger partial charge is 0.497 e. The highest BCUT2D eigenvalue weighted by Crippen LogP contribution is 2.36. The van der Waals surface area contributed by atoms with Crippen molar-refractivity contribution in [1.82, 2.24) is 0 Å². The van der Waals surface area contributed by atoms with E-state index in [1.165, 1.54) is 25.2 Å². The molecule has 0 aliphatic carbocycles. The summed E-state index contributed by atoms with van der Waals surface area (Å²) in [5.41, 5.74) is 5.52. The summed E-state index contributed by atoms with van der Waals surface area (Å²) in [5, 5.41) is 2.60. The van der Waals surface area contributed by atoms with Gasteiger partial charge in [-0.1, -0.05) is 0 Å². The second-order valence-electron chi connectivity index (χ2n) is 6.49. The van der Waals surface area contributed by atoms with Gasteiger partial charge in [-0.15, -0.1) is 0 Å². The molecule has 0 bridgehead atoms. The lowest BCUT2D eigenvalue weighted by molar-refractivity contribution is -0.122. The molecule has 29 heavy (non-hydrogen) atoms. The van der Waals surface area contributed by atoms with E-state index in [1.54, 1.807) is 18.2 Å². The molecule has 0 spiro atoms. The van der Waals surface area contributed by atoms with Gasteiger partial charge in [-0.05, 0) is 30.3 Å². The number of halogens is 1. The molecule has 3 amide bonds. The Kier molecular flexibility index (Phi) is 5.67. The maximum Gasteiger partial charge on any atom is 0.251 e. The van der Waals surface area contributed by atoms with E-state index >= 15 is 0 Å². The SMILES string of the molecule is COc1ccc(OC)c(N2CC(C(=O)Nc3ccc(F)c(C(N)=O)c3)CC2=O)c1. The molecule has 0 radical (unpaired) electrons. The quantitative estimate of drug-likeness (QED) is 0.768. The maximum atomic E-state index is 13.6. The van der Waals surface area contributed by atoms with Gasteiger partial charge >= 0.3 is 0 Å². The van der Waals surface area contributed by atoms with Crippen LogP contribution in [0.3, 0.4) is 0 Å². The van der Waals surface area contributed by atoms with Crippen LogP contribution in [-0.2, 0) is 9.59 Å². The third-order valence-corrected chi connectivity index (χ3v) is 4.67. The van der Waals surface area contributed by atoms with Crippen molar-refractivity contribution in [1.29, 1.82) is 0 Å². The highest BCUT2D eigenvalue weighted by molar-refractivity contribution is 6.04. The third kappa shape index (κ3) is 4.13. The topological polar surface area (TPSA) is 111 Å². The number of carbonyl (C=O) groups is 3. The minimum Gasteiger partial charge on any atom is -0.497 e. The zero-order valence-corrected chi connectivity index (χ0v) is 15.9. The predicted molar refractivity (Wildman–Crippen MR) is 104 cm³/mol. The van der Waals surface area contributed by atoms with Gasteiger partial charge < -0.3 is 25.4 Å². The van der Waals surface area contributed by atoms with E-state index in [4.69, 9.17) is 15.2 Å². The first-order valence-electron chi connectivity index (χ1n) is 8.76. The highest BCUT2D eigenvalue weighted by Gasteiger charge is 2.36. The fourth-order valence-corrected chi connectivity index (χ4v) is 3.16. The highest BCUT2D eigenvalue weighted by atomic mass is 19.1. The Bertz CT molecular complexity index is 979. The average Bonchev–Trinajstić information content (AvgIpc) is 3.10. The normalized spacial score (nSPS) is 15.9. The standard InChI is InChI=1S/C20H20FN3O5/c1-28-13-4-6-17(29-2)16(9-13)24-10-11(7-18(24)25)20(27)23-12-3-5-15(21)14(8-12)19(22)26/h3-6,8-9,11H,7,10H2,1-2H3,(H2,22,26)(H,23,27). The molecule has 2 aromatic carbocycles. The van der Waals surface area contributed by atoms with E-state index in [1.807, 2.05) is 0 Å². The van der Waals surface area contributed by atoms with Crippen molar-refractivity contribution in [3.05, 3.63) is 47.8 Å². The second-order valence-corrected chi connectivity index (χ2v) is 6.49. The van der Waals surface area contributed by atoms with Crippen molar-refractivity contribution in [3.8, 4) is 11.5 Å². The summed E-state index contributed by atoms with van der Waals surface area (Å²) in [4.78, 5) is 37.9. The molecule has 1 heterocycles. The fourth-order valence-electron chi connectivity index (χ4n) is 3.16. The summed E-state index contributed by atoms with van der Waals surface area (Å²) in [6.45, 7) is 0.137. The summed E-state index contributed by atoms with van der Waals surface area (Å²) in [6.07, 6.45) is -0.00390. The zero-order chi connectivity index (χ0) is 21.1. The molecule has 1 unspecified atom stereocenters. The van der Waals surface area contributed by atoms with Gasteiger partial charge in [0.15, 0.2) is 0 Å². The molecular formula is C20H20FN3O5. The number of primary amides is 1. The summed E-state index contributed by atoms with van der Waals surface area (Å²) >= 11 is 0. The molecule has 152 valence electrons. The first-order valence-corrected chi connectivity index (χ1v) is 8.76. The molecule has 1 atom stereocenters. The Balaban J connectivity index is 1.78. The fraction of sp³-hybridized carbons (Fsp3) is 0.250. The van der Waals surface area contributed by atoms with Crippen LogP contribution in [0.5, 0.6) is 11.5 Å². The first kappa shape index (κ1) is 20.1. The summed E-state index contributed by atoms with van der Waals surface area (Å²) in [7, 11) is 3.00. The molecule has 1 fully saturated rings. The van der Waals surface area contributed by atoms with Crippen molar-refractivity contribution in [2.75, 3.05) is 31.0 Å². The number of rotatable bonds is 6. The number of nitrogens with two attached hydrogens (primary N) is 1. The number of benzene rings is 2. The molecule has 9 heteroatoms. The van der Waals surface area contributed by atoms with E-state index in [0.717, 1.165) is 12.1 Å². The lowest BCUT2D eigenvalue weighted by Crippen LogP contribution is -2.28. The molecule has 1 aliphatic rings. The number of methoxy groups -OCH3 is 2. The molecule has 3 N–H and O–H groups in total. The van der Waals surface area contributed by atoms with Crippen LogP contribution >= 0.6 is 0 Å². The van der Waals surface area contributed by atoms with Gasteiger partial charge in [0.2, 0.25) is 11.8 Å². The van der Waals surface area contributed by atoms with Crippen LogP contribution < -0.4 is 25.4 Å². The van der Waals surface area contributed by atoms with Crippen LogP contribution in [0.15, 0.2) is 36.4 Å². The van der Waals surface area contributed by atoms with Crippen LogP contribution in [0, 0.1) is 11.7 Å². The Morgan fingerprint density at radius 3 is 2.59 bits per heavy atom. The van der Waals surface area contributed by atoms with E-state index in [2.05, 4.69) is 5.32 Å². The van der Waals surface area contributed by atoms with Crippen molar-refractivity contribution in [3.63, 3.8) is 0 Å². The third-order valence-electron chi connectivity index (χ3n) is 4.67. The minimum absolute atomic E-state index is 0.00390. The zero-order valence-electron chi connectivity index (χ0n) is 15.9. The number of anilines is 2. The van der Waals surface area contributed by atoms with Gasteiger partial charge in [-0.25, -0.2) is 4.39 Å². The molecule has 1 aliphatic heterocycles. The molecule has 3 rings (SSSR count). The van der Waals surface area contributed by atoms with Gasteiger partial charge in [0, 0.05) is 24.7 Å². The molecule has 0 saturated carbocycles. The van der Waals surface area contributed by atoms with Crippen LogP contribution in [0.2, 0.25) is 0 Å². The summed E-state index contributed by atoms with van der Waals surface area (Å²) in [5.74, 6) is -2.00. The Hall–Kier alpha value is -3.62. The van der Waals surface area contributed by atoms with Crippen LogP contribution in [0.1, 0.15) is 16.8 Å². The number of nitrogens with one attached hydrogen (secondary N) is 1. The van der Waals surface area contributed by atoms with Gasteiger partial charge in [-0.2, -0.15) is 0 Å². The van der Waals surface area contributed by atoms with Crippen molar-refractivity contribution >= 4 is 29.1 Å². The van der Waals surface area contributed by atoms with Crippen LogP contribution in [-0.4, -0.2) is 38.5 Å². The Morgan fingerprint density at radius 1 is 1.17 bits per heavy atom. The number of nitrogens with zero attached hydrogens (tertiary/aromatic N) is 1. The number of carbonyl (C=O) groups excluding carboxylic acids is 3. The minimum atomic E-state index is -0.939. The van der Waals surface area contributed by atoms with E-state index < -0.39 is 23.5 Å². The molecular weight excluding hydrogens is 381 g/mol. The molecule has 2 aromatic rings. The van der Waals surface area contributed by atoms with E-state index in [-0.39, 0.29) is 30.1 Å². The van der Waals surface area contributed by atoms with Crippen molar-refractivity contribution in [2.45, 2.75) is 6.42 Å². The molecule has 8 nitrogen and oxygen atoms in total. The van der Waals surface area contributed by atoms with Crippen LogP contribution in [0.4, 0.5) is 15.8 Å². The van der Waals surface area contributed by atoms with Gasteiger partial charge in [0.1, 0.15) is 17.3 Å². The van der Waals surface area contributed by atoms with Crippen molar-refractivity contribution < 1.29 is 28.2 Å². The lowest BCUT2D eigenvalue weighted by Gasteiger charge is -2.20. The van der Waals surface area contributed by atoms with Gasteiger partial charge in [0.05, 0.1) is 31.4 Å². The predicted octanol–water partition coefficient (Wildman–Crippen LogP) is 1.93. The lowest BCUT2D eigenvalue weighted by atomic mass is 10.1. The number of hydrogen-bond donors (Lipinski definition) is 2. The number of amides is 3. The second kappa shape index (κ2) is 8.17. The monoisotopic (exact) mass is 401 g/mol. The first-order chi connectivity index (χ1) is 13.8. The molecule has 0 aromatic heterocycles. The van der Waals surface area contributed by atoms with Gasteiger partial charge in [0.25, 0.3) is 5.91 Å². The van der Waals surface area contributed by atoms with Crippen molar-refractivity contribution in [2.24, 2.45) is 11.7 Å². The van der Waals surface area contributed by atoms with Gasteiger partial charge in [-0.3, -0.25) is 14.4 Å². The van der Waals surface area contributed by atoms with E-state index in [9.17, 15) is 18.8 Å². The number of ether oxygens (including phenoxy) is 2. The van der Waals surface area contributed by atoms with E-state index in [0.29, 0.717) is 17.2 Å². The summed E-state index contributed by atoms with van der Waals surface area (Å²) in [6, 6.07) is 8.57.